The van der Waals surface area contributed by atoms with Crippen LogP contribution < -0.4 is 5.32 Å². The number of nitro benzene ring substituents is 1. The first-order valence-corrected chi connectivity index (χ1v) is 5.64. The molecule has 0 spiro atoms. The van der Waals surface area contributed by atoms with E-state index in [1.807, 2.05) is 0 Å². The maximum absolute atomic E-state index is 13.2. The second-order valence-corrected chi connectivity index (χ2v) is 4.86. The molecular weight excluding hydrogens is 255 g/mol. The van der Waals surface area contributed by atoms with Crippen LogP contribution in [0.2, 0.25) is 0 Å². The molecule has 0 aromatic heterocycles. The van der Waals surface area contributed by atoms with Gasteiger partial charge >= 0.3 is 5.97 Å². The van der Waals surface area contributed by atoms with E-state index in [-0.39, 0.29) is 17.8 Å². The Morgan fingerprint density at radius 2 is 2.11 bits per heavy atom. The number of rotatable bonds is 6. The first-order valence-electron chi connectivity index (χ1n) is 5.64. The summed E-state index contributed by atoms with van der Waals surface area (Å²) < 4.78 is 13.2. The van der Waals surface area contributed by atoms with Crippen LogP contribution in [0.5, 0.6) is 0 Å². The number of non-ortho nitro benzene ring substituents is 1. The summed E-state index contributed by atoms with van der Waals surface area (Å²) in [5.74, 6) is -1.65. The van der Waals surface area contributed by atoms with Crippen LogP contribution in [0.25, 0.3) is 0 Å². The lowest BCUT2D eigenvalue weighted by molar-refractivity contribution is -0.385. The molecule has 0 saturated heterocycles. The maximum Gasteiger partial charge on any atom is 0.303 e. The summed E-state index contributed by atoms with van der Waals surface area (Å²) >= 11 is 0. The van der Waals surface area contributed by atoms with Crippen molar-refractivity contribution in [2.45, 2.75) is 32.2 Å². The number of nitrogens with one attached hydrogen (secondary N) is 1. The fraction of sp³-hybridized carbons (Fsp3) is 0.417. The van der Waals surface area contributed by atoms with Crippen LogP contribution in [0.3, 0.4) is 0 Å². The van der Waals surface area contributed by atoms with Crippen molar-refractivity contribution in [1.29, 1.82) is 0 Å². The van der Waals surface area contributed by atoms with Gasteiger partial charge in [0.25, 0.3) is 5.69 Å². The lowest BCUT2D eigenvalue weighted by Gasteiger charge is -2.26. The Kier molecular flexibility index (Phi) is 4.42. The Morgan fingerprint density at radius 1 is 1.47 bits per heavy atom. The SMILES string of the molecule is CC(C)(CCC(=O)O)Nc1cc(F)cc([N+](=O)[O-])c1. The van der Waals surface area contributed by atoms with Gasteiger partial charge in [-0.25, -0.2) is 4.39 Å². The zero-order chi connectivity index (χ0) is 14.6. The van der Waals surface area contributed by atoms with Gasteiger partial charge in [0.05, 0.1) is 11.0 Å². The van der Waals surface area contributed by atoms with Gasteiger partial charge in [-0.2, -0.15) is 0 Å². The van der Waals surface area contributed by atoms with E-state index in [9.17, 15) is 19.3 Å². The minimum atomic E-state index is -0.930. The summed E-state index contributed by atoms with van der Waals surface area (Å²) in [4.78, 5) is 20.5. The summed E-state index contributed by atoms with van der Waals surface area (Å²) in [6, 6.07) is 3.18. The lowest BCUT2D eigenvalue weighted by atomic mass is 9.98. The third-order valence-electron chi connectivity index (χ3n) is 2.54. The molecule has 1 aromatic rings. The average molecular weight is 270 g/mol. The standard InChI is InChI=1S/C12H15FN2O4/c1-12(2,4-3-11(16)17)14-9-5-8(13)6-10(7-9)15(18)19/h5-7,14H,3-4H2,1-2H3,(H,16,17). The highest BCUT2D eigenvalue weighted by Gasteiger charge is 2.20. The van der Waals surface area contributed by atoms with E-state index >= 15 is 0 Å². The number of benzene rings is 1. The highest BCUT2D eigenvalue weighted by atomic mass is 19.1. The Morgan fingerprint density at radius 3 is 2.63 bits per heavy atom. The zero-order valence-electron chi connectivity index (χ0n) is 10.6. The molecule has 0 amide bonds. The Balaban J connectivity index is 2.86. The fourth-order valence-corrected chi connectivity index (χ4v) is 1.62. The van der Waals surface area contributed by atoms with Gasteiger partial charge in [-0.3, -0.25) is 14.9 Å². The van der Waals surface area contributed by atoms with Crippen LogP contribution in [-0.2, 0) is 4.79 Å². The van der Waals surface area contributed by atoms with Gasteiger partial charge in [-0.05, 0) is 26.3 Å². The first kappa shape index (κ1) is 14.9. The molecule has 0 heterocycles. The van der Waals surface area contributed by atoms with Crippen LogP contribution >= 0.6 is 0 Å². The second-order valence-electron chi connectivity index (χ2n) is 4.86. The minimum absolute atomic E-state index is 0.0442. The molecule has 1 rings (SSSR count). The number of nitro groups is 1. The van der Waals surface area contributed by atoms with Gasteiger partial charge in [0.2, 0.25) is 0 Å². The van der Waals surface area contributed by atoms with E-state index in [1.165, 1.54) is 6.07 Å². The second kappa shape index (κ2) is 5.64. The predicted molar refractivity (Wildman–Crippen MR) is 67.6 cm³/mol. The van der Waals surface area contributed by atoms with Crippen LogP contribution in [0, 0.1) is 15.9 Å². The van der Waals surface area contributed by atoms with Crippen molar-refractivity contribution in [2.24, 2.45) is 0 Å². The van der Waals surface area contributed by atoms with Crippen molar-refractivity contribution in [3.05, 3.63) is 34.1 Å². The van der Waals surface area contributed by atoms with Crippen LogP contribution in [-0.4, -0.2) is 21.5 Å². The first-order chi connectivity index (χ1) is 8.69. The molecule has 1 aromatic carbocycles. The largest absolute Gasteiger partial charge is 0.481 e. The smallest absolute Gasteiger partial charge is 0.303 e. The third kappa shape index (κ3) is 4.90. The van der Waals surface area contributed by atoms with E-state index < -0.39 is 22.2 Å². The van der Waals surface area contributed by atoms with Gasteiger partial charge < -0.3 is 10.4 Å². The molecule has 19 heavy (non-hydrogen) atoms. The molecular formula is C12H15FN2O4. The number of carboxylic acid groups (broad SMARTS) is 1. The van der Waals surface area contributed by atoms with E-state index in [4.69, 9.17) is 5.11 Å². The summed E-state index contributed by atoms with van der Waals surface area (Å²) in [7, 11) is 0. The molecule has 0 unspecified atom stereocenters. The van der Waals surface area contributed by atoms with E-state index in [2.05, 4.69) is 5.32 Å². The Hall–Kier alpha value is -2.18. The molecule has 0 saturated carbocycles. The predicted octanol–water partition coefficient (Wildman–Crippen LogP) is 2.79. The molecule has 7 heteroatoms. The van der Waals surface area contributed by atoms with Crippen molar-refractivity contribution >= 4 is 17.3 Å². The van der Waals surface area contributed by atoms with Gasteiger partial charge in [-0.15, -0.1) is 0 Å². The molecule has 6 nitrogen and oxygen atoms in total. The van der Waals surface area contributed by atoms with E-state index in [0.29, 0.717) is 6.42 Å². The van der Waals surface area contributed by atoms with Crippen molar-refractivity contribution in [3.8, 4) is 0 Å². The fourth-order valence-electron chi connectivity index (χ4n) is 1.62. The summed E-state index contributed by atoms with van der Waals surface area (Å²) in [5.41, 5.74) is -0.710. The van der Waals surface area contributed by atoms with Gasteiger partial charge in [0, 0.05) is 23.7 Å². The highest BCUT2D eigenvalue weighted by molar-refractivity contribution is 5.67. The number of aliphatic carboxylic acids is 1. The topological polar surface area (TPSA) is 92.5 Å². The number of hydrogen-bond donors (Lipinski definition) is 2. The van der Waals surface area contributed by atoms with Gasteiger partial charge in [0.1, 0.15) is 5.82 Å². The van der Waals surface area contributed by atoms with Crippen molar-refractivity contribution in [2.75, 3.05) is 5.32 Å². The number of carbonyl (C=O) groups is 1. The van der Waals surface area contributed by atoms with Crippen molar-refractivity contribution in [1.82, 2.24) is 0 Å². The molecule has 0 aliphatic heterocycles. The number of nitrogens with zero attached hydrogens (tertiary/aromatic N) is 1. The summed E-state index contributed by atoms with van der Waals surface area (Å²) in [5, 5.41) is 22.1. The quantitative estimate of drug-likeness (QED) is 0.612. The zero-order valence-corrected chi connectivity index (χ0v) is 10.6. The molecule has 0 fully saturated rings. The van der Waals surface area contributed by atoms with Gasteiger partial charge in [0.15, 0.2) is 0 Å². The molecule has 104 valence electrons. The molecule has 0 aliphatic carbocycles. The van der Waals surface area contributed by atoms with Crippen LogP contribution in [0.15, 0.2) is 18.2 Å². The molecule has 2 N–H and O–H groups in total. The Bertz CT molecular complexity index is 503. The summed E-state index contributed by atoms with van der Waals surface area (Å²) in [6.07, 6.45) is 0.268. The van der Waals surface area contributed by atoms with E-state index in [1.54, 1.807) is 13.8 Å². The average Bonchev–Trinajstić information content (AvgIpc) is 2.25. The molecule has 0 bridgehead atoms. The monoisotopic (exact) mass is 270 g/mol. The van der Waals surface area contributed by atoms with Crippen LogP contribution in [0.4, 0.5) is 15.8 Å². The third-order valence-corrected chi connectivity index (χ3v) is 2.54. The number of halogens is 1. The van der Waals surface area contributed by atoms with Gasteiger partial charge in [-0.1, -0.05) is 0 Å². The lowest BCUT2D eigenvalue weighted by Crippen LogP contribution is -2.31. The number of carboxylic acids is 1. The molecule has 0 atom stereocenters. The normalized spacial score (nSPS) is 11.1. The number of anilines is 1. The van der Waals surface area contributed by atoms with Crippen LogP contribution in [0.1, 0.15) is 26.7 Å². The van der Waals surface area contributed by atoms with E-state index in [0.717, 1.165) is 12.1 Å². The maximum atomic E-state index is 13.2. The van der Waals surface area contributed by atoms with Crippen molar-refractivity contribution in [3.63, 3.8) is 0 Å². The molecule has 0 aliphatic rings. The highest BCUT2D eigenvalue weighted by Crippen LogP contribution is 2.24. The Labute approximate surface area is 109 Å². The minimum Gasteiger partial charge on any atom is -0.481 e. The number of hydrogen-bond acceptors (Lipinski definition) is 4. The summed E-state index contributed by atoms with van der Waals surface area (Å²) in [6.45, 7) is 3.49. The van der Waals surface area contributed by atoms with Crippen molar-refractivity contribution < 1.29 is 19.2 Å². The molecule has 0 radical (unpaired) electrons.